The van der Waals surface area contributed by atoms with Crippen LogP contribution in [0, 0.1) is 13.8 Å². The third-order valence-corrected chi connectivity index (χ3v) is 9.76. The predicted octanol–water partition coefficient (Wildman–Crippen LogP) is 5.00. The second kappa shape index (κ2) is 10.5. The molecule has 0 saturated carbocycles. The Bertz CT molecular complexity index is 1640. The first kappa shape index (κ1) is 27.5. The maximum Gasteiger partial charge on any atom is 0.256 e. The number of nitrogens with one attached hydrogen (secondary N) is 2. The van der Waals surface area contributed by atoms with Crippen LogP contribution in [-0.4, -0.2) is 54.4 Å². The summed E-state index contributed by atoms with van der Waals surface area (Å²) in [7, 11) is -3.81. The first-order valence-electron chi connectivity index (χ1n) is 12.5. The second-order valence-corrected chi connectivity index (χ2v) is 12.7. The van der Waals surface area contributed by atoms with Gasteiger partial charge in [0.05, 0.1) is 37.9 Å². The average molecular weight is 589 g/mol. The lowest BCUT2D eigenvalue weighted by Gasteiger charge is -2.29. The number of rotatable bonds is 5. The number of carbonyl (C=O) groups is 2. The fraction of sp³-hybridized carbons (Fsp3) is 0.286. The van der Waals surface area contributed by atoms with Crippen LogP contribution in [0.5, 0.6) is 0 Å². The first-order valence-corrected chi connectivity index (χ1v) is 14.9. The van der Waals surface area contributed by atoms with Gasteiger partial charge in [0, 0.05) is 35.7 Å². The summed E-state index contributed by atoms with van der Waals surface area (Å²) in [4.78, 5) is 31.1. The van der Waals surface area contributed by atoms with Crippen molar-refractivity contribution in [2.45, 2.75) is 43.4 Å². The lowest BCUT2D eigenvalue weighted by atomic mass is 10.0. The Balaban J connectivity index is 1.48. The summed E-state index contributed by atoms with van der Waals surface area (Å²) < 4.78 is 26.5. The molecule has 204 valence electrons. The molecule has 0 unspecified atom stereocenters. The van der Waals surface area contributed by atoms with Gasteiger partial charge in [-0.05, 0) is 68.2 Å². The molecule has 3 N–H and O–H groups in total. The highest BCUT2D eigenvalue weighted by molar-refractivity contribution is 7.90. The molecule has 39 heavy (non-hydrogen) atoms. The van der Waals surface area contributed by atoms with Crippen molar-refractivity contribution in [3.63, 3.8) is 0 Å². The highest BCUT2D eigenvalue weighted by Crippen LogP contribution is 2.37. The number of piperidine rings is 1. The molecule has 2 aliphatic heterocycles. The highest BCUT2D eigenvalue weighted by atomic mass is 35.5. The molecule has 0 radical (unpaired) electrons. The molecule has 1 aromatic heterocycles. The van der Waals surface area contributed by atoms with Crippen molar-refractivity contribution < 1.29 is 23.1 Å². The van der Waals surface area contributed by atoms with Crippen molar-refractivity contribution in [3.8, 4) is 0 Å². The Morgan fingerprint density at radius 2 is 1.87 bits per heavy atom. The Morgan fingerprint density at radius 1 is 1.15 bits per heavy atom. The minimum absolute atomic E-state index is 0.0437. The molecule has 3 aromatic rings. The Morgan fingerprint density at radius 3 is 2.59 bits per heavy atom. The number of hydrogen-bond acceptors (Lipinski definition) is 5. The number of anilines is 1. The van der Waals surface area contributed by atoms with Crippen molar-refractivity contribution in [1.29, 1.82) is 0 Å². The number of likely N-dealkylation sites (tertiary alicyclic amines) is 1. The van der Waals surface area contributed by atoms with Crippen molar-refractivity contribution in [3.05, 3.63) is 80.1 Å². The minimum atomic E-state index is -3.81. The number of aryl methyl sites for hydroxylation is 1. The standard InChI is InChI=1S/C28H27Cl2N3O5S/c1-15-24(31-16(2)25(15)28(36)33-10-8-18(34)9-11-33)13-21-20-12-19(6-7-23(20)32-27(21)35)39(37,38)14-17-4-3-5-22(29)26(17)30/h3-7,12-13,18,31,34H,8-11,14H2,1-2H3,(H,32,35)/b21-13-. The molecular formula is C28H27Cl2N3O5S. The van der Waals surface area contributed by atoms with E-state index in [1.54, 1.807) is 42.2 Å². The zero-order valence-electron chi connectivity index (χ0n) is 21.3. The smallest absolute Gasteiger partial charge is 0.256 e. The molecule has 2 aliphatic rings. The molecule has 11 heteroatoms. The van der Waals surface area contributed by atoms with Crippen molar-refractivity contribution in [2.24, 2.45) is 0 Å². The summed E-state index contributed by atoms with van der Waals surface area (Å²) in [6, 6.07) is 9.32. The molecule has 1 fully saturated rings. The Labute approximate surface area is 236 Å². The highest BCUT2D eigenvalue weighted by Gasteiger charge is 2.30. The normalized spacial score (nSPS) is 17.0. The van der Waals surface area contributed by atoms with Crippen LogP contribution < -0.4 is 5.32 Å². The summed E-state index contributed by atoms with van der Waals surface area (Å²) in [6.07, 6.45) is 2.33. The lowest BCUT2D eigenvalue weighted by molar-refractivity contribution is -0.110. The maximum atomic E-state index is 13.3. The zero-order chi connectivity index (χ0) is 28.1. The predicted molar refractivity (Wildman–Crippen MR) is 152 cm³/mol. The number of benzene rings is 2. The quantitative estimate of drug-likeness (QED) is 0.363. The largest absolute Gasteiger partial charge is 0.393 e. The number of aromatic nitrogens is 1. The van der Waals surface area contributed by atoms with Gasteiger partial charge in [-0.3, -0.25) is 9.59 Å². The molecule has 0 spiro atoms. The number of aliphatic hydroxyl groups excluding tert-OH is 1. The van der Waals surface area contributed by atoms with Gasteiger partial charge in [0.15, 0.2) is 9.84 Å². The molecular weight excluding hydrogens is 561 g/mol. The van der Waals surface area contributed by atoms with Gasteiger partial charge in [-0.1, -0.05) is 35.3 Å². The monoisotopic (exact) mass is 587 g/mol. The van der Waals surface area contributed by atoms with Crippen LogP contribution in [0.3, 0.4) is 0 Å². The fourth-order valence-electron chi connectivity index (χ4n) is 5.06. The Hall–Kier alpha value is -3.11. The summed E-state index contributed by atoms with van der Waals surface area (Å²) >= 11 is 12.3. The number of aliphatic hydroxyl groups is 1. The van der Waals surface area contributed by atoms with E-state index in [9.17, 15) is 23.1 Å². The minimum Gasteiger partial charge on any atom is -0.393 e. The van der Waals surface area contributed by atoms with Crippen LogP contribution >= 0.6 is 23.2 Å². The lowest BCUT2D eigenvalue weighted by Crippen LogP contribution is -2.40. The molecule has 1 saturated heterocycles. The molecule has 3 heterocycles. The van der Waals surface area contributed by atoms with Crippen molar-refractivity contribution >= 4 is 62.2 Å². The number of halogens is 2. The van der Waals surface area contributed by atoms with Crippen LogP contribution in [0.15, 0.2) is 41.3 Å². The van der Waals surface area contributed by atoms with Crippen LogP contribution in [0.2, 0.25) is 10.0 Å². The number of amides is 2. The van der Waals surface area contributed by atoms with Crippen molar-refractivity contribution in [1.82, 2.24) is 9.88 Å². The van der Waals surface area contributed by atoms with E-state index in [1.807, 2.05) is 6.92 Å². The molecule has 0 bridgehead atoms. The molecule has 8 nitrogen and oxygen atoms in total. The van der Waals surface area contributed by atoms with Gasteiger partial charge in [-0.25, -0.2) is 8.42 Å². The van der Waals surface area contributed by atoms with E-state index < -0.39 is 9.84 Å². The molecule has 0 atom stereocenters. The summed E-state index contributed by atoms with van der Waals surface area (Å²) in [6.45, 7) is 4.57. The molecule has 5 rings (SSSR count). The van der Waals surface area contributed by atoms with E-state index in [1.165, 1.54) is 12.1 Å². The van der Waals surface area contributed by atoms with Gasteiger partial charge in [0.2, 0.25) is 0 Å². The maximum absolute atomic E-state index is 13.3. The molecule has 0 aliphatic carbocycles. The number of H-pyrrole nitrogens is 1. The third-order valence-electron chi connectivity index (χ3n) is 7.24. The number of aromatic amines is 1. The van der Waals surface area contributed by atoms with Gasteiger partial charge >= 0.3 is 0 Å². The van der Waals surface area contributed by atoms with Crippen molar-refractivity contribution in [2.75, 3.05) is 18.4 Å². The summed E-state index contributed by atoms with van der Waals surface area (Å²) in [5, 5.41) is 13.0. The molecule has 2 aromatic carbocycles. The average Bonchev–Trinajstić information content (AvgIpc) is 3.35. The van der Waals surface area contributed by atoms with Gasteiger partial charge < -0.3 is 20.3 Å². The first-order chi connectivity index (χ1) is 18.5. The van der Waals surface area contributed by atoms with Crippen LogP contribution in [0.4, 0.5) is 5.69 Å². The van der Waals surface area contributed by atoms with E-state index in [-0.39, 0.29) is 44.2 Å². The fourth-order valence-corrected chi connectivity index (χ4v) is 6.92. The third kappa shape index (κ3) is 5.24. The van der Waals surface area contributed by atoms with E-state index in [4.69, 9.17) is 23.2 Å². The van der Waals surface area contributed by atoms with Crippen LogP contribution in [0.25, 0.3) is 11.6 Å². The SMILES string of the molecule is Cc1[nH]c(/C=C2\C(=O)Nc3ccc(S(=O)(=O)Cc4cccc(Cl)c4Cl)cc32)c(C)c1C(=O)N1CCC(O)CC1. The number of carbonyl (C=O) groups excluding carboxylic acids is 2. The second-order valence-electron chi connectivity index (χ2n) is 9.88. The van der Waals surface area contributed by atoms with Crippen LogP contribution in [0.1, 0.15) is 51.3 Å². The molecule has 2 amide bonds. The van der Waals surface area contributed by atoms with Gasteiger partial charge in [-0.2, -0.15) is 0 Å². The topological polar surface area (TPSA) is 120 Å². The van der Waals surface area contributed by atoms with E-state index >= 15 is 0 Å². The van der Waals surface area contributed by atoms with Gasteiger partial charge in [0.25, 0.3) is 11.8 Å². The van der Waals surface area contributed by atoms with E-state index in [0.717, 1.165) is 0 Å². The van der Waals surface area contributed by atoms with E-state index in [0.29, 0.717) is 65.3 Å². The number of sulfone groups is 1. The number of nitrogens with zero attached hydrogens (tertiary/aromatic N) is 1. The van der Waals surface area contributed by atoms with Gasteiger partial charge in [0.1, 0.15) is 0 Å². The number of hydrogen-bond donors (Lipinski definition) is 3. The van der Waals surface area contributed by atoms with Crippen LogP contribution in [-0.2, 0) is 20.4 Å². The number of fused-ring (bicyclic) bond motifs is 1. The summed E-state index contributed by atoms with van der Waals surface area (Å²) in [5.74, 6) is -0.844. The van der Waals surface area contributed by atoms with E-state index in [2.05, 4.69) is 10.3 Å². The Kier molecular flexibility index (Phi) is 7.37. The van der Waals surface area contributed by atoms with Gasteiger partial charge in [-0.15, -0.1) is 0 Å². The zero-order valence-corrected chi connectivity index (χ0v) is 23.7. The summed E-state index contributed by atoms with van der Waals surface area (Å²) in [5.41, 5.74) is 4.09.